The van der Waals surface area contributed by atoms with Gasteiger partial charge in [0.2, 0.25) is 0 Å². The molecule has 2 N–H and O–H groups in total. The summed E-state index contributed by atoms with van der Waals surface area (Å²) >= 11 is 0. The molecule has 0 bridgehead atoms. The molecule has 3 aromatic carbocycles. The van der Waals surface area contributed by atoms with Crippen LogP contribution >= 0.6 is 0 Å². The van der Waals surface area contributed by atoms with E-state index in [0.29, 0.717) is 23.5 Å². The number of carbonyl (C=O) groups is 1. The Morgan fingerprint density at radius 2 is 1.56 bits per heavy atom. The van der Waals surface area contributed by atoms with Crippen molar-refractivity contribution in [3.8, 4) is 5.75 Å². The summed E-state index contributed by atoms with van der Waals surface area (Å²) < 4.78 is 33.0. The zero-order valence-corrected chi connectivity index (χ0v) is 20.7. The van der Waals surface area contributed by atoms with Gasteiger partial charge in [-0.1, -0.05) is 31.2 Å². The summed E-state index contributed by atoms with van der Waals surface area (Å²) in [6.07, 6.45) is 0.977. The molecule has 8 heteroatoms. The molecule has 3 aromatic rings. The van der Waals surface area contributed by atoms with Gasteiger partial charge >= 0.3 is 0 Å². The number of rotatable bonds is 10. The second-order valence-electron chi connectivity index (χ2n) is 8.14. The Morgan fingerprint density at radius 3 is 2.09 bits per heavy atom. The van der Waals surface area contributed by atoms with Crippen LogP contribution in [0.15, 0.2) is 77.7 Å². The van der Waals surface area contributed by atoms with E-state index in [0.717, 1.165) is 12.0 Å². The van der Waals surface area contributed by atoms with Crippen molar-refractivity contribution in [2.75, 3.05) is 32.5 Å². The lowest BCUT2D eigenvalue weighted by atomic mass is 10.0. The Labute approximate surface area is 201 Å². The maximum absolute atomic E-state index is 12.7. The minimum atomic E-state index is -3.78. The minimum absolute atomic E-state index is 0.0169. The van der Waals surface area contributed by atoms with E-state index in [9.17, 15) is 13.2 Å². The van der Waals surface area contributed by atoms with Crippen LogP contribution in [-0.2, 0) is 16.4 Å². The number of likely N-dealkylation sites (N-methyl/N-ethyl adjacent to an activating group) is 1. The molecule has 0 heterocycles. The fourth-order valence-corrected chi connectivity index (χ4v) is 4.58. The van der Waals surface area contributed by atoms with Gasteiger partial charge in [-0.3, -0.25) is 9.52 Å². The monoisotopic (exact) mass is 481 g/mol. The number of sulfonamides is 1. The van der Waals surface area contributed by atoms with Crippen molar-refractivity contribution in [2.24, 2.45) is 0 Å². The summed E-state index contributed by atoms with van der Waals surface area (Å²) in [5.74, 6) is 0.372. The first-order chi connectivity index (χ1) is 16.2. The predicted molar refractivity (Wildman–Crippen MR) is 135 cm³/mol. The van der Waals surface area contributed by atoms with Gasteiger partial charge in [0.05, 0.1) is 18.0 Å². The molecule has 0 aromatic heterocycles. The first kappa shape index (κ1) is 25.3. The number of hydrogen-bond acceptors (Lipinski definition) is 5. The van der Waals surface area contributed by atoms with Gasteiger partial charge in [-0.25, -0.2) is 8.42 Å². The van der Waals surface area contributed by atoms with E-state index in [2.05, 4.69) is 46.1 Å². The highest BCUT2D eigenvalue weighted by molar-refractivity contribution is 7.92. The number of aryl methyl sites for hydroxylation is 1. The molecule has 0 unspecified atom stereocenters. The molecule has 34 heavy (non-hydrogen) atoms. The van der Waals surface area contributed by atoms with Crippen molar-refractivity contribution in [2.45, 2.75) is 24.3 Å². The van der Waals surface area contributed by atoms with Gasteiger partial charge in [-0.05, 0) is 80.2 Å². The fraction of sp³-hybridized carbons (Fsp3) is 0.269. The molecule has 1 amide bonds. The van der Waals surface area contributed by atoms with Gasteiger partial charge < -0.3 is 15.0 Å². The minimum Gasteiger partial charge on any atom is -0.497 e. The van der Waals surface area contributed by atoms with Crippen molar-refractivity contribution >= 4 is 21.6 Å². The molecule has 0 saturated carbocycles. The van der Waals surface area contributed by atoms with Crippen LogP contribution in [0.3, 0.4) is 0 Å². The Hall–Kier alpha value is -3.36. The average molecular weight is 482 g/mol. The van der Waals surface area contributed by atoms with Crippen molar-refractivity contribution < 1.29 is 17.9 Å². The standard InChI is InChI=1S/C26H31N3O4S/c1-5-19-6-8-20(9-7-19)25(29(2)3)18-27-26(30)21-10-16-24(17-11-21)34(31,32)28-22-12-14-23(33-4)15-13-22/h6-17,25,28H,5,18H2,1-4H3,(H,27,30)/t25-/m0/s1. The number of methoxy groups -OCH3 is 1. The lowest BCUT2D eigenvalue weighted by molar-refractivity contribution is 0.0942. The van der Waals surface area contributed by atoms with Crippen molar-refractivity contribution in [3.05, 3.63) is 89.5 Å². The Balaban J connectivity index is 1.65. The van der Waals surface area contributed by atoms with E-state index < -0.39 is 10.0 Å². The number of carbonyl (C=O) groups excluding carboxylic acids is 1. The number of nitrogens with one attached hydrogen (secondary N) is 2. The quantitative estimate of drug-likeness (QED) is 0.455. The highest BCUT2D eigenvalue weighted by Gasteiger charge is 2.18. The molecular formula is C26H31N3O4S. The average Bonchev–Trinajstić information content (AvgIpc) is 2.84. The molecule has 0 aliphatic heterocycles. The topological polar surface area (TPSA) is 87.7 Å². The molecule has 0 spiro atoms. The third kappa shape index (κ3) is 6.36. The molecule has 0 fully saturated rings. The van der Waals surface area contributed by atoms with Gasteiger partial charge in [0.15, 0.2) is 0 Å². The molecule has 0 saturated heterocycles. The smallest absolute Gasteiger partial charge is 0.261 e. The van der Waals surface area contributed by atoms with E-state index in [-0.39, 0.29) is 16.8 Å². The second-order valence-corrected chi connectivity index (χ2v) is 9.83. The molecule has 1 atom stereocenters. The van der Waals surface area contributed by atoms with E-state index >= 15 is 0 Å². The molecule has 0 aliphatic carbocycles. The summed E-state index contributed by atoms with van der Waals surface area (Å²) in [4.78, 5) is 14.8. The maximum atomic E-state index is 12.7. The Bertz CT molecular complexity index is 1190. The lowest BCUT2D eigenvalue weighted by Crippen LogP contribution is -2.34. The summed E-state index contributed by atoms with van der Waals surface area (Å²) in [6, 6.07) is 20.9. The molecule has 0 aliphatic rings. The first-order valence-electron chi connectivity index (χ1n) is 11.0. The first-order valence-corrected chi connectivity index (χ1v) is 12.5. The highest BCUT2D eigenvalue weighted by Crippen LogP contribution is 2.21. The van der Waals surface area contributed by atoms with E-state index in [4.69, 9.17) is 4.74 Å². The van der Waals surface area contributed by atoms with Gasteiger partial charge in [0, 0.05) is 17.8 Å². The molecular weight excluding hydrogens is 450 g/mol. The normalized spacial score (nSPS) is 12.3. The van der Waals surface area contributed by atoms with Crippen molar-refractivity contribution in [3.63, 3.8) is 0 Å². The summed E-state index contributed by atoms with van der Waals surface area (Å²) in [6.45, 7) is 2.54. The Kier molecular flexibility index (Phi) is 8.31. The van der Waals surface area contributed by atoms with E-state index in [1.807, 2.05) is 14.1 Å². The fourth-order valence-electron chi connectivity index (χ4n) is 3.52. The van der Waals surface area contributed by atoms with E-state index in [1.165, 1.54) is 29.8 Å². The van der Waals surface area contributed by atoms with Crippen LogP contribution in [0.5, 0.6) is 5.75 Å². The number of nitrogens with zero attached hydrogens (tertiary/aromatic N) is 1. The van der Waals surface area contributed by atoms with Crippen LogP contribution in [0, 0.1) is 0 Å². The van der Waals surface area contributed by atoms with Crippen LogP contribution in [0.2, 0.25) is 0 Å². The van der Waals surface area contributed by atoms with Gasteiger partial charge in [-0.15, -0.1) is 0 Å². The third-order valence-electron chi connectivity index (χ3n) is 5.62. The van der Waals surface area contributed by atoms with E-state index in [1.54, 1.807) is 31.4 Å². The van der Waals surface area contributed by atoms with Crippen LogP contribution < -0.4 is 14.8 Å². The maximum Gasteiger partial charge on any atom is 0.261 e. The summed E-state index contributed by atoms with van der Waals surface area (Å²) in [5, 5.41) is 2.96. The molecule has 3 rings (SSSR count). The van der Waals surface area contributed by atoms with Gasteiger partial charge in [0.1, 0.15) is 5.75 Å². The zero-order chi connectivity index (χ0) is 24.7. The number of anilines is 1. The largest absolute Gasteiger partial charge is 0.497 e. The molecule has 7 nitrogen and oxygen atoms in total. The Morgan fingerprint density at radius 1 is 0.941 bits per heavy atom. The molecule has 180 valence electrons. The predicted octanol–water partition coefficient (Wildman–Crippen LogP) is 4.09. The summed E-state index contributed by atoms with van der Waals surface area (Å²) in [5.41, 5.74) is 3.20. The lowest BCUT2D eigenvalue weighted by Gasteiger charge is -2.25. The van der Waals surface area contributed by atoms with Crippen molar-refractivity contribution in [1.82, 2.24) is 10.2 Å². The second kappa shape index (κ2) is 11.2. The van der Waals surface area contributed by atoms with Gasteiger partial charge in [0.25, 0.3) is 15.9 Å². The van der Waals surface area contributed by atoms with Crippen molar-refractivity contribution in [1.29, 1.82) is 0 Å². The molecule has 0 radical (unpaired) electrons. The zero-order valence-electron chi connectivity index (χ0n) is 19.9. The highest BCUT2D eigenvalue weighted by atomic mass is 32.2. The number of ether oxygens (including phenoxy) is 1. The number of amides is 1. The van der Waals surface area contributed by atoms with Gasteiger partial charge in [-0.2, -0.15) is 0 Å². The van der Waals surface area contributed by atoms with Crippen LogP contribution in [0.25, 0.3) is 0 Å². The van der Waals surface area contributed by atoms with Crippen LogP contribution in [0.4, 0.5) is 5.69 Å². The third-order valence-corrected chi connectivity index (χ3v) is 7.02. The number of benzene rings is 3. The SMILES string of the molecule is CCc1ccc([C@H](CNC(=O)c2ccc(S(=O)(=O)Nc3ccc(OC)cc3)cc2)N(C)C)cc1. The summed E-state index contributed by atoms with van der Waals surface area (Å²) in [7, 11) is 1.70. The number of hydrogen-bond donors (Lipinski definition) is 2. The van der Waals surface area contributed by atoms with Crippen LogP contribution in [-0.4, -0.2) is 47.0 Å². The van der Waals surface area contributed by atoms with Crippen LogP contribution in [0.1, 0.15) is 34.5 Å².